The molecule has 0 bridgehead atoms. The predicted octanol–water partition coefficient (Wildman–Crippen LogP) is 4.46. The first-order valence-corrected chi connectivity index (χ1v) is 6.66. The Morgan fingerprint density at radius 3 is 2.62 bits per heavy atom. The van der Waals surface area contributed by atoms with E-state index in [1.54, 1.807) is 25.1 Å². The first-order valence-electron chi connectivity index (χ1n) is 5.90. The number of hydrogen-bond acceptors (Lipinski definition) is 3. The van der Waals surface area contributed by atoms with Gasteiger partial charge in [0.25, 0.3) is 11.6 Å². The molecular weight excluding hydrogens is 315 g/mol. The highest BCUT2D eigenvalue weighted by Crippen LogP contribution is 2.26. The van der Waals surface area contributed by atoms with E-state index in [1.165, 1.54) is 18.2 Å². The summed E-state index contributed by atoms with van der Waals surface area (Å²) in [5.74, 6) is -0.616. The Bertz CT molecular complexity index is 732. The maximum absolute atomic E-state index is 12.2. The van der Waals surface area contributed by atoms with Gasteiger partial charge in [-0.05, 0) is 36.8 Å². The van der Waals surface area contributed by atoms with Gasteiger partial charge in [0.15, 0.2) is 0 Å². The van der Waals surface area contributed by atoms with Crippen LogP contribution in [0, 0.1) is 17.0 Å². The van der Waals surface area contributed by atoms with E-state index in [9.17, 15) is 14.9 Å². The van der Waals surface area contributed by atoms with E-state index in [2.05, 4.69) is 5.32 Å². The molecule has 21 heavy (non-hydrogen) atoms. The van der Waals surface area contributed by atoms with E-state index in [0.29, 0.717) is 16.3 Å². The molecule has 108 valence electrons. The van der Waals surface area contributed by atoms with E-state index < -0.39 is 10.8 Å². The Balaban J connectivity index is 2.39. The number of carbonyl (C=O) groups excluding carboxylic acids is 1. The van der Waals surface area contributed by atoms with Gasteiger partial charge < -0.3 is 5.32 Å². The second-order valence-corrected chi connectivity index (χ2v) is 5.13. The molecule has 0 aliphatic heterocycles. The predicted molar refractivity (Wildman–Crippen MR) is 82.2 cm³/mol. The Kier molecular flexibility index (Phi) is 4.45. The lowest BCUT2D eigenvalue weighted by molar-refractivity contribution is -0.385. The Morgan fingerprint density at radius 1 is 1.24 bits per heavy atom. The molecule has 5 nitrogen and oxygen atoms in total. The summed E-state index contributed by atoms with van der Waals surface area (Å²) >= 11 is 11.8. The zero-order chi connectivity index (χ0) is 15.6. The lowest BCUT2D eigenvalue weighted by Gasteiger charge is -2.10. The quantitative estimate of drug-likeness (QED) is 0.669. The van der Waals surface area contributed by atoms with Crippen molar-refractivity contribution >= 4 is 40.5 Å². The second-order valence-electron chi connectivity index (χ2n) is 4.29. The number of nitrogens with zero attached hydrogens (tertiary/aromatic N) is 1. The summed E-state index contributed by atoms with van der Waals surface area (Å²) in [6.45, 7) is 1.74. The van der Waals surface area contributed by atoms with E-state index >= 15 is 0 Å². The molecule has 0 radical (unpaired) electrons. The van der Waals surface area contributed by atoms with Crippen LogP contribution in [0.25, 0.3) is 0 Å². The van der Waals surface area contributed by atoms with Crippen LogP contribution in [0.4, 0.5) is 11.4 Å². The number of nitro benzene ring substituents is 1. The maximum Gasteiger partial charge on any atom is 0.282 e. The maximum atomic E-state index is 12.2. The summed E-state index contributed by atoms with van der Waals surface area (Å²) in [6, 6.07) is 8.85. The number of halogens is 2. The van der Waals surface area contributed by atoms with Crippen LogP contribution >= 0.6 is 23.2 Å². The van der Waals surface area contributed by atoms with E-state index in [0.717, 1.165) is 0 Å². The fraction of sp³-hybridized carbons (Fsp3) is 0.0714. The van der Waals surface area contributed by atoms with Gasteiger partial charge in [-0.25, -0.2) is 0 Å². The minimum absolute atomic E-state index is 0.105. The molecule has 0 saturated carbocycles. The van der Waals surface area contributed by atoms with Gasteiger partial charge in [-0.3, -0.25) is 14.9 Å². The molecule has 0 aliphatic carbocycles. The lowest BCUT2D eigenvalue weighted by atomic mass is 10.1. The van der Waals surface area contributed by atoms with Crippen molar-refractivity contribution in [3.05, 3.63) is 67.7 Å². The topological polar surface area (TPSA) is 72.2 Å². The highest BCUT2D eigenvalue weighted by Gasteiger charge is 2.21. The van der Waals surface area contributed by atoms with Crippen LogP contribution in [0.5, 0.6) is 0 Å². The van der Waals surface area contributed by atoms with Crippen LogP contribution in [-0.4, -0.2) is 10.8 Å². The zero-order valence-electron chi connectivity index (χ0n) is 10.9. The molecule has 0 fully saturated rings. The molecule has 0 aromatic heterocycles. The summed E-state index contributed by atoms with van der Waals surface area (Å²) in [5, 5.41) is 14.3. The number of benzene rings is 2. The van der Waals surface area contributed by atoms with Crippen LogP contribution in [0.15, 0.2) is 36.4 Å². The number of nitrogens with one attached hydrogen (secondary N) is 1. The smallest absolute Gasteiger partial charge is 0.282 e. The highest BCUT2D eigenvalue weighted by molar-refractivity contribution is 6.32. The number of nitro groups is 1. The fourth-order valence-electron chi connectivity index (χ4n) is 1.78. The van der Waals surface area contributed by atoms with Crippen molar-refractivity contribution < 1.29 is 9.72 Å². The third kappa shape index (κ3) is 3.32. The van der Waals surface area contributed by atoms with Crippen molar-refractivity contribution in [2.45, 2.75) is 6.92 Å². The van der Waals surface area contributed by atoms with Crippen molar-refractivity contribution in [2.24, 2.45) is 0 Å². The summed E-state index contributed by atoms with van der Waals surface area (Å²) in [6.07, 6.45) is 0. The zero-order valence-corrected chi connectivity index (χ0v) is 12.4. The number of hydrogen-bond donors (Lipinski definition) is 1. The molecule has 0 atom stereocenters. The van der Waals surface area contributed by atoms with Crippen molar-refractivity contribution in [1.82, 2.24) is 0 Å². The summed E-state index contributed by atoms with van der Waals surface area (Å²) < 4.78 is 0. The molecule has 2 aromatic carbocycles. The molecule has 7 heteroatoms. The van der Waals surface area contributed by atoms with Gasteiger partial charge >= 0.3 is 0 Å². The fourth-order valence-corrected chi connectivity index (χ4v) is 2.13. The largest absolute Gasteiger partial charge is 0.321 e. The van der Waals surface area contributed by atoms with Crippen LogP contribution in [0.3, 0.4) is 0 Å². The standard InChI is InChI=1S/C14H10Cl2N2O3/c1-8-11(16)3-2-4-12(8)17-14(19)10-7-9(15)5-6-13(10)18(20)21/h2-7H,1H3,(H,17,19). The second kappa shape index (κ2) is 6.11. The average molecular weight is 325 g/mol. The highest BCUT2D eigenvalue weighted by atomic mass is 35.5. The van der Waals surface area contributed by atoms with Crippen molar-refractivity contribution in [3.8, 4) is 0 Å². The molecule has 2 rings (SSSR count). The molecule has 2 aromatic rings. The third-order valence-electron chi connectivity index (χ3n) is 2.92. The molecule has 1 N–H and O–H groups in total. The summed E-state index contributed by atoms with van der Waals surface area (Å²) in [7, 11) is 0. The molecule has 0 heterocycles. The summed E-state index contributed by atoms with van der Waals surface area (Å²) in [5.41, 5.74) is 0.752. The van der Waals surface area contributed by atoms with Gasteiger partial charge in [0, 0.05) is 21.8 Å². The van der Waals surface area contributed by atoms with Crippen LogP contribution < -0.4 is 5.32 Å². The molecular formula is C14H10Cl2N2O3. The van der Waals surface area contributed by atoms with Crippen LogP contribution in [-0.2, 0) is 0 Å². The van der Waals surface area contributed by atoms with E-state index in [4.69, 9.17) is 23.2 Å². The van der Waals surface area contributed by atoms with Gasteiger partial charge in [-0.1, -0.05) is 29.3 Å². The van der Waals surface area contributed by atoms with Crippen LogP contribution in [0.1, 0.15) is 15.9 Å². The van der Waals surface area contributed by atoms with E-state index in [-0.39, 0.29) is 16.3 Å². The lowest BCUT2D eigenvalue weighted by Crippen LogP contribution is -2.14. The minimum atomic E-state index is -0.629. The van der Waals surface area contributed by atoms with Crippen molar-refractivity contribution in [3.63, 3.8) is 0 Å². The number of anilines is 1. The van der Waals surface area contributed by atoms with Gasteiger partial charge in [-0.2, -0.15) is 0 Å². The van der Waals surface area contributed by atoms with Crippen molar-refractivity contribution in [2.75, 3.05) is 5.32 Å². The van der Waals surface area contributed by atoms with Crippen LogP contribution in [0.2, 0.25) is 10.0 Å². The SMILES string of the molecule is Cc1c(Cl)cccc1NC(=O)c1cc(Cl)ccc1[N+](=O)[O-]. The van der Waals surface area contributed by atoms with Gasteiger partial charge in [0.1, 0.15) is 5.56 Å². The Labute approximate surface area is 130 Å². The Hall–Kier alpha value is -2.11. The third-order valence-corrected chi connectivity index (χ3v) is 3.56. The number of carbonyl (C=O) groups is 1. The van der Waals surface area contributed by atoms with Gasteiger partial charge in [0.2, 0.25) is 0 Å². The average Bonchev–Trinajstić information content (AvgIpc) is 2.43. The molecule has 0 aliphatic rings. The summed E-state index contributed by atoms with van der Waals surface area (Å²) in [4.78, 5) is 22.6. The molecule has 0 saturated heterocycles. The molecule has 1 amide bonds. The monoisotopic (exact) mass is 324 g/mol. The normalized spacial score (nSPS) is 10.2. The number of rotatable bonds is 3. The first-order chi connectivity index (χ1) is 9.90. The van der Waals surface area contributed by atoms with Gasteiger partial charge in [0.05, 0.1) is 4.92 Å². The minimum Gasteiger partial charge on any atom is -0.321 e. The van der Waals surface area contributed by atoms with Gasteiger partial charge in [-0.15, -0.1) is 0 Å². The molecule has 0 spiro atoms. The number of amides is 1. The van der Waals surface area contributed by atoms with Crippen molar-refractivity contribution in [1.29, 1.82) is 0 Å². The first kappa shape index (κ1) is 15.3. The Morgan fingerprint density at radius 2 is 1.95 bits per heavy atom. The van der Waals surface area contributed by atoms with E-state index in [1.807, 2.05) is 0 Å². The molecule has 0 unspecified atom stereocenters.